The molecule has 0 spiro atoms. The van der Waals surface area contributed by atoms with E-state index in [2.05, 4.69) is 25.0 Å². The molecule has 30 heavy (non-hydrogen) atoms. The molecule has 4 fully saturated rings. The maximum Gasteiger partial charge on any atom is 0.162 e. The summed E-state index contributed by atoms with van der Waals surface area (Å²) in [5, 5.41) is 13.2. The number of hydrogen-bond acceptors (Lipinski definition) is 4. The van der Waals surface area contributed by atoms with Gasteiger partial charge in [-0.2, -0.15) is 10.4 Å². The molecule has 0 amide bonds. The average molecular weight is 409 g/mol. The van der Waals surface area contributed by atoms with E-state index in [1.54, 1.807) is 16.9 Å². The molecule has 0 bridgehead atoms. The highest BCUT2D eigenvalue weighted by Crippen LogP contribution is 2.64. The van der Waals surface area contributed by atoms with Crippen LogP contribution in [0.5, 0.6) is 0 Å². The van der Waals surface area contributed by atoms with Crippen LogP contribution in [0.2, 0.25) is 0 Å². The fourth-order valence-electron chi connectivity index (χ4n) is 8.44. The van der Waals surface area contributed by atoms with Crippen LogP contribution in [0.3, 0.4) is 0 Å². The molecular formula is C25H36N4O. The normalized spacial score (nSPS) is 45.1. The van der Waals surface area contributed by atoms with Crippen molar-refractivity contribution in [2.75, 3.05) is 0 Å². The number of Topliss-reactive ketones (excluding diaryl/α,β-unsaturated/α-hetero) is 1. The number of fused-ring (bicyclic) bond motifs is 5. The van der Waals surface area contributed by atoms with Crippen molar-refractivity contribution in [3.8, 4) is 6.07 Å². The molecule has 162 valence electrons. The van der Waals surface area contributed by atoms with Gasteiger partial charge in [0.25, 0.3) is 0 Å². The Labute approximate surface area is 180 Å². The molecule has 1 aromatic rings. The molecule has 0 saturated heterocycles. The van der Waals surface area contributed by atoms with Gasteiger partial charge in [0, 0.05) is 17.7 Å². The second-order valence-corrected chi connectivity index (χ2v) is 11.5. The summed E-state index contributed by atoms with van der Waals surface area (Å²) < 4.78 is 1.65. The van der Waals surface area contributed by atoms with Crippen LogP contribution >= 0.6 is 0 Å². The van der Waals surface area contributed by atoms with Crippen LogP contribution in [0.1, 0.15) is 77.3 Å². The van der Waals surface area contributed by atoms with Crippen molar-refractivity contribution in [3.05, 3.63) is 18.0 Å². The van der Waals surface area contributed by atoms with E-state index in [4.69, 9.17) is 11.0 Å². The maximum absolute atomic E-state index is 13.3. The van der Waals surface area contributed by atoms with Crippen LogP contribution in [0.15, 0.2) is 12.3 Å². The zero-order chi connectivity index (χ0) is 21.1. The third kappa shape index (κ3) is 3.23. The summed E-state index contributed by atoms with van der Waals surface area (Å²) in [7, 11) is 0. The monoisotopic (exact) mass is 408 g/mol. The molecule has 4 aliphatic rings. The van der Waals surface area contributed by atoms with Gasteiger partial charge >= 0.3 is 0 Å². The number of rotatable bonds is 3. The Kier molecular flexibility index (Phi) is 4.85. The van der Waals surface area contributed by atoms with Gasteiger partial charge in [-0.1, -0.05) is 6.92 Å². The number of hydrogen-bond donors (Lipinski definition) is 1. The molecule has 1 unspecified atom stereocenters. The minimum absolute atomic E-state index is 0.0416. The van der Waals surface area contributed by atoms with Crippen molar-refractivity contribution >= 4 is 5.78 Å². The van der Waals surface area contributed by atoms with Crippen molar-refractivity contribution in [3.63, 3.8) is 0 Å². The van der Waals surface area contributed by atoms with E-state index in [0.29, 0.717) is 23.9 Å². The summed E-state index contributed by atoms with van der Waals surface area (Å²) >= 11 is 0. The highest BCUT2D eigenvalue weighted by atomic mass is 16.1. The summed E-state index contributed by atoms with van der Waals surface area (Å²) in [5.41, 5.74) is 7.10. The largest absolute Gasteiger partial charge is 0.325 e. The van der Waals surface area contributed by atoms with Crippen LogP contribution in [-0.2, 0) is 11.3 Å². The first-order valence-electron chi connectivity index (χ1n) is 12.1. The quantitative estimate of drug-likeness (QED) is 0.807. The Morgan fingerprint density at radius 2 is 1.97 bits per heavy atom. The molecule has 4 aliphatic carbocycles. The maximum atomic E-state index is 13.3. The fourth-order valence-corrected chi connectivity index (χ4v) is 8.44. The fraction of sp³-hybridized carbons (Fsp3) is 0.800. The Hall–Kier alpha value is -1.67. The number of ketones is 1. The minimum atomic E-state index is 0.0416. The number of carbonyl (C=O) groups is 1. The molecule has 5 nitrogen and oxygen atoms in total. The van der Waals surface area contributed by atoms with Crippen molar-refractivity contribution in [2.45, 2.75) is 83.7 Å². The molecule has 0 aromatic carbocycles. The molecule has 4 saturated carbocycles. The lowest BCUT2D eigenvalue weighted by Crippen LogP contribution is -2.52. The molecule has 0 aliphatic heterocycles. The van der Waals surface area contributed by atoms with Gasteiger partial charge in [-0.3, -0.25) is 9.48 Å². The van der Waals surface area contributed by atoms with Gasteiger partial charge in [-0.15, -0.1) is 0 Å². The van der Waals surface area contributed by atoms with E-state index in [0.717, 1.165) is 30.1 Å². The van der Waals surface area contributed by atoms with Gasteiger partial charge in [-0.05, 0) is 106 Å². The van der Waals surface area contributed by atoms with E-state index in [-0.39, 0.29) is 16.9 Å². The third-order valence-corrected chi connectivity index (χ3v) is 9.76. The standard InChI is InChI=1S/C25H36N4O/c1-24(27)10-7-18-16(13-24)3-4-20-19(18)8-11-25(2)21(20)5-6-22(25)23(30)15-29-12-9-17(14-26)28-29/h9,12,16,18-22H,3-8,10-11,13,15,27H2,1-2H3/t16-,18+,19?,20-,21+,22-,24+,25+/m1/s1. The van der Waals surface area contributed by atoms with Crippen LogP contribution in [0.25, 0.3) is 0 Å². The first-order chi connectivity index (χ1) is 14.3. The number of aromatic nitrogens is 2. The first kappa shape index (κ1) is 20.2. The molecule has 8 atom stereocenters. The average Bonchev–Trinajstić information content (AvgIpc) is 3.30. The smallest absolute Gasteiger partial charge is 0.162 e. The van der Waals surface area contributed by atoms with Crippen LogP contribution in [-0.4, -0.2) is 21.1 Å². The first-order valence-corrected chi connectivity index (χ1v) is 12.1. The molecule has 1 heterocycles. The van der Waals surface area contributed by atoms with Gasteiger partial charge in [0.1, 0.15) is 6.07 Å². The van der Waals surface area contributed by atoms with Crippen molar-refractivity contribution in [1.82, 2.24) is 9.78 Å². The van der Waals surface area contributed by atoms with Gasteiger partial charge in [0.2, 0.25) is 0 Å². The van der Waals surface area contributed by atoms with Crippen molar-refractivity contribution < 1.29 is 4.79 Å². The van der Waals surface area contributed by atoms with E-state index in [1.165, 1.54) is 51.4 Å². The zero-order valence-electron chi connectivity index (χ0n) is 18.5. The van der Waals surface area contributed by atoms with E-state index >= 15 is 0 Å². The summed E-state index contributed by atoms with van der Waals surface area (Å²) in [6.45, 7) is 4.97. The molecule has 5 rings (SSSR count). The van der Waals surface area contributed by atoms with Crippen LogP contribution in [0.4, 0.5) is 0 Å². The lowest BCUT2D eigenvalue weighted by molar-refractivity contribution is -0.131. The Bertz CT molecular complexity index is 867. The van der Waals surface area contributed by atoms with E-state index in [9.17, 15) is 4.79 Å². The summed E-state index contributed by atoms with van der Waals surface area (Å²) in [4.78, 5) is 13.3. The lowest BCUT2D eigenvalue weighted by Gasteiger charge is -2.57. The molecular weight excluding hydrogens is 372 g/mol. The Balaban J connectivity index is 1.30. The number of nitriles is 1. The highest BCUT2D eigenvalue weighted by molar-refractivity contribution is 5.82. The van der Waals surface area contributed by atoms with E-state index < -0.39 is 0 Å². The molecule has 5 heteroatoms. The molecule has 2 N–H and O–H groups in total. The zero-order valence-corrected chi connectivity index (χ0v) is 18.5. The second-order valence-electron chi connectivity index (χ2n) is 11.5. The molecule has 1 aromatic heterocycles. The summed E-state index contributed by atoms with van der Waals surface area (Å²) in [5.74, 6) is 4.52. The lowest BCUT2D eigenvalue weighted by atomic mass is 9.48. The van der Waals surface area contributed by atoms with Gasteiger partial charge in [0.05, 0.1) is 6.54 Å². The Morgan fingerprint density at radius 1 is 1.17 bits per heavy atom. The van der Waals surface area contributed by atoms with Gasteiger partial charge < -0.3 is 5.73 Å². The van der Waals surface area contributed by atoms with Crippen LogP contribution < -0.4 is 5.73 Å². The Morgan fingerprint density at radius 3 is 2.73 bits per heavy atom. The third-order valence-electron chi connectivity index (χ3n) is 9.76. The number of carbonyl (C=O) groups excluding carboxylic acids is 1. The summed E-state index contributed by atoms with van der Waals surface area (Å²) in [6.07, 6.45) is 12.9. The number of nitrogens with two attached hydrogens (primary N) is 1. The minimum Gasteiger partial charge on any atom is -0.325 e. The van der Waals surface area contributed by atoms with Gasteiger partial charge in [0.15, 0.2) is 11.5 Å². The van der Waals surface area contributed by atoms with E-state index in [1.807, 2.05) is 0 Å². The van der Waals surface area contributed by atoms with Crippen molar-refractivity contribution in [2.24, 2.45) is 46.7 Å². The van der Waals surface area contributed by atoms with Gasteiger partial charge in [-0.25, -0.2) is 0 Å². The molecule has 0 radical (unpaired) electrons. The SMILES string of the molecule is C[C@]1(N)CC[C@@H]2C3CC[C@]4(C)[C@@H](C(=O)Cn5ccc(C#N)n5)CC[C@H]4[C@@H]3CC[C@@H]2C1. The predicted octanol–water partition coefficient (Wildman–Crippen LogP) is 4.31. The highest BCUT2D eigenvalue weighted by Gasteiger charge is 2.58. The predicted molar refractivity (Wildman–Crippen MR) is 115 cm³/mol. The second kappa shape index (κ2) is 7.19. The number of nitrogens with zero attached hydrogens (tertiary/aromatic N) is 3. The topological polar surface area (TPSA) is 84.7 Å². The van der Waals surface area contributed by atoms with Crippen molar-refractivity contribution in [1.29, 1.82) is 5.26 Å². The summed E-state index contributed by atoms with van der Waals surface area (Å²) in [6, 6.07) is 3.74. The van der Waals surface area contributed by atoms with Crippen LogP contribution in [0, 0.1) is 52.3 Å².